The monoisotopic (exact) mass is 293 g/mol. The smallest absolute Gasteiger partial charge is 0.410 e. The third-order valence-corrected chi connectivity index (χ3v) is 3.23. The van der Waals surface area contributed by atoms with Crippen molar-refractivity contribution in [2.75, 3.05) is 6.54 Å². The summed E-state index contributed by atoms with van der Waals surface area (Å²) in [5.41, 5.74) is -0.0334. The highest BCUT2D eigenvalue weighted by molar-refractivity contribution is 5.95. The van der Waals surface area contributed by atoms with Gasteiger partial charge in [-0.15, -0.1) is 0 Å². The van der Waals surface area contributed by atoms with Crippen molar-refractivity contribution in [3.63, 3.8) is 0 Å². The molecule has 1 aliphatic heterocycles. The number of rotatable bonds is 2. The molecule has 2 rings (SSSR count). The number of aromatic nitrogens is 2. The average Bonchev–Trinajstić information content (AvgIpc) is 2.77. The van der Waals surface area contributed by atoms with Gasteiger partial charge in [-0.05, 0) is 20.8 Å². The zero-order valence-corrected chi connectivity index (χ0v) is 13.3. The molecule has 0 atom stereocenters. The summed E-state index contributed by atoms with van der Waals surface area (Å²) in [4.78, 5) is 30.0. The fraction of sp³-hybridized carbons (Fsp3) is 0.667. The van der Waals surface area contributed by atoms with E-state index in [9.17, 15) is 9.59 Å². The Balaban J connectivity index is 2.10. The van der Waals surface area contributed by atoms with Crippen LogP contribution in [0.4, 0.5) is 4.79 Å². The van der Waals surface area contributed by atoms with Crippen molar-refractivity contribution in [2.24, 2.45) is 5.92 Å². The maximum Gasteiger partial charge on any atom is 0.410 e. The third kappa shape index (κ3) is 3.62. The van der Waals surface area contributed by atoms with Crippen LogP contribution in [-0.4, -0.2) is 38.5 Å². The second-order valence-electron chi connectivity index (χ2n) is 6.66. The zero-order chi connectivity index (χ0) is 15.8. The fourth-order valence-corrected chi connectivity index (χ4v) is 2.15. The molecule has 0 bridgehead atoms. The molecule has 1 aliphatic rings. The van der Waals surface area contributed by atoms with Crippen molar-refractivity contribution in [2.45, 2.75) is 53.3 Å². The Morgan fingerprint density at radius 2 is 1.95 bits per heavy atom. The van der Waals surface area contributed by atoms with Gasteiger partial charge in [-0.3, -0.25) is 9.69 Å². The topological polar surface area (TPSA) is 64.4 Å². The van der Waals surface area contributed by atoms with Gasteiger partial charge in [0.2, 0.25) is 0 Å². The third-order valence-electron chi connectivity index (χ3n) is 3.23. The largest absolute Gasteiger partial charge is 0.444 e. The van der Waals surface area contributed by atoms with Gasteiger partial charge in [0, 0.05) is 25.2 Å². The van der Waals surface area contributed by atoms with Crippen LogP contribution in [0.2, 0.25) is 0 Å². The number of amides is 1. The average molecular weight is 293 g/mol. The molecule has 1 amide bonds. The molecule has 2 heterocycles. The zero-order valence-electron chi connectivity index (χ0n) is 13.3. The van der Waals surface area contributed by atoms with Gasteiger partial charge in [0.05, 0.1) is 6.54 Å². The van der Waals surface area contributed by atoms with Crippen molar-refractivity contribution >= 4 is 11.9 Å². The Morgan fingerprint density at radius 3 is 2.52 bits per heavy atom. The van der Waals surface area contributed by atoms with Gasteiger partial charge in [-0.1, -0.05) is 13.8 Å². The van der Waals surface area contributed by atoms with E-state index in [2.05, 4.69) is 4.98 Å². The van der Waals surface area contributed by atoms with Gasteiger partial charge in [-0.25, -0.2) is 9.78 Å². The van der Waals surface area contributed by atoms with Gasteiger partial charge in [0.15, 0.2) is 5.78 Å². The number of Topliss-reactive ketones (excluding diaryl/α,β-unsaturated/α-hetero) is 1. The van der Waals surface area contributed by atoms with E-state index in [0.29, 0.717) is 25.3 Å². The van der Waals surface area contributed by atoms with Crippen LogP contribution in [0.25, 0.3) is 0 Å². The molecular weight excluding hydrogens is 270 g/mol. The molecule has 21 heavy (non-hydrogen) atoms. The summed E-state index contributed by atoms with van der Waals surface area (Å²) in [6.45, 7) is 10.8. The molecule has 0 aromatic carbocycles. The van der Waals surface area contributed by atoms with Crippen molar-refractivity contribution in [1.29, 1.82) is 0 Å². The first-order valence-electron chi connectivity index (χ1n) is 7.25. The van der Waals surface area contributed by atoms with Crippen molar-refractivity contribution in [3.05, 3.63) is 17.7 Å². The van der Waals surface area contributed by atoms with Crippen LogP contribution in [-0.2, 0) is 17.8 Å². The Bertz CT molecular complexity index is 555. The van der Waals surface area contributed by atoms with Crippen LogP contribution in [0.3, 0.4) is 0 Å². The van der Waals surface area contributed by atoms with E-state index in [-0.39, 0.29) is 17.8 Å². The summed E-state index contributed by atoms with van der Waals surface area (Å²) < 4.78 is 7.31. The van der Waals surface area contributed by atoms with Gasteiger partial charge >= 0.3 is 6.09 Å². The molecule has 0 saturated carbocycles. The van der Waals surface area contributed by atoms with Gasteiger partial charge < -0.3 is 9.30 Å². The molecule has 0 saturated heterocycles. The quantitative estimate of drug-likeness (QED) is 0.786. The molecule has 0 aliphatic carbocycles. The summed E-state index contributed by atoms with van der Waals surface area (Å²) in [5, 5.41) is 0. The molecule has 1 aromatic heterocycles. The SMILES string of the molecule is CC(C)C(=O)c1cn2c(n1)CN(C(=O)OC(C)(C)C)CC2. The second-order valence-corrected chi connectivity index (χ2v) is 6.66. The molecule has 0 spiro atoms. The minimum Gasteiger partial charge on any atom is -0.444 e. The van der Waals surface area contributed by atoms with Crippen molar-refractivity contribution in [3.8, 4) is 0 Å². The van der Waals surface area contributed by atoms with Crippen LogP contribution in [0.15, 0.2) is 6.20 Å². The molecule has 6 nitrogen and oxygen atoms in total. The second kappa shape index (κ2) is 5.50. The van der Waals surface area contributed by atoms with Crippen LogP contribution in [0.1, 0.15) is 50.9 Å². The summed E-state index contributed by atoms with van der Waals surface area (Å²) in [7, 11) is 0. The van der Waals surface area contributed by atoms with Crippen molar-refractivity contribution < 1.29 is 14.3 Å². The summed E-state index contributed by atoms with van der Waals surface area (Å²) in [6, 6.07) is 0. The highest BCUT2D eigenvalue weighted by Crippen LogP contribution is 2.18. The molecule has 6 heteroatoms. The van der Waals surface area contributed by atoms with E-state index >= 15 is 0 Å². The van der Waals surface area contributed by atoms with E-state index in [0.717, 1.165) is 5.82 Å². The summed E-state index contributed by atoms with van der Waals surface area (Å²) in [5.74, 6) is 0.681. The minimum atomic E-state index is -0.511. The maximum atomic E-state index is 12.1. The number of ether oxygens (including phenoxy) is 1. The number of carbonyl (C=O) groups is 2. The van der Waals surface area contributed by atoms with E-state index in [1.54, 1.807) is 11.1 Å². The maximum absolute atomic E-state index is 12.1. The van der Waals surface area contributed by atoms with Gasteiger partial charge in [-0.2, -0.15) is 0 Å². The van der Waals surface area contributed by atoms with Crippen LogP contribution >= 0.6 is 0 Å². The summed E-state index contributed by atoms with van der Waals surface area (Å²) in [6.07, 6.45) is 1.44. The van der Waals surface area contributed by atoms with E-state index in [1.165, 1.54) is 0 Å². The highest BCUT2D eigenvalue weighted by atomic mass is 16.6. The lowest BCUT2D eigenvalue weighted by molar-refractivity contribution is 0.0195. The number of fused-ring (bicyclic) bond motifs is 1. The normalized spacial score (nSPS) is 15.0. The standard InChI is InChI=1S/C15H23N3O3/c1-10(2)13(19)11-8-17-6-7-18(9-12(17)16-11)14(20)21-15(3,4)5/h8,10H,6-7,9H2,1-5H3. The lowest BCUT2D eigenvalue weighted by Gasteiger charge is -2.30. The number of nitrogens with zero attached hydrogens (tertiary/aromatic N) is 3. The number of hydrogen-bond acceptors (Lipinski definition) is 4. The van der Waals surface area contributed by atoms with E-state index < -0.39 is 5.60 Å². The molecule has 0 unspecified atom stereocenters. The Kier molecular flexibility index (Phi) is 4.07. The van der Waals surface area contributed by atoms with E-state index in [1.807, 2.05) is 39.2 Å². The predicted molar refractivity (Wildman–Crippen MR) is 78.0 cm³/mol. The first-order valence-corrected chi connectivity index (χ1v) is 7.25. The van der Waals surface area contributed by atoms with Crippen LogP contribution in [0, 0.1) is 5.92 Å². The molecule has 0 N–H and O–H groups in total. The van der Waals surface area contributed by atoms with Gasteiger partial charge in [0.25, 0.3) is 0 Å². The lowest BCUT2D eigenvalue weighted by Crippen LogP contribution is -2.41. The van der Waals surface area contributed by atoms with Crippen LogP contribution in [0.5, 0.6) is 0 Å². The molecule has 1 aromatic rings. The summed E-state index contributed by atoms with van der Waals surface area (Å²) >= 11 is 0. The molecular formula is C15H23N3O3. The Hall–Kier alpha value is -1.85. The predicted octanol–water partition coefficient (Wildman–Crippen LogP) is 2.47. The first-order chi connectivity index (χ1) is 9.67. The first kappa shape index (κ1) is 15.5. The van der Waals surface area contributed by atoms with Crippen molar-refractivity contribution in [1.82, 2.24) is 14.5 Å². The fourth-order valence-electron chi connectivity index (χ4n) is 2.15. The highest BCUT2D eigenvalue weighted by Gasteiger charge is 2.27. The number of hydrogen-bond donors (Lipinski definition) is 0. The number of carbonyl (C=O) groups excluding carboxylic acids is 2. The molecule has 116 valence electrons. The van der Waals surface area contributed by atoms with Gasteiger partial charge in [0.1, 0.15) is 17.1 Å². The van der Waals surface area contributed by atoms with Crippen LogP contribution < -0.4 is 0 Å². The molecule has 0 fully saturated rings. The minimum absolute atomic E-state index is 0.0284. The lowest BCUT2D eigenvalue weighted by atomic mass is 10.1. The molecule has 0 radical (unpaired) electrons. The Labute approximate surface area is 125 Å². The Morgan fingerprint density at radius 1 is 1.29 bits per heavy atom. The van der Waals surface area contributed by atoms with E-state index in [4.69, 9.17) is 4.74 Å². The number of imidazole rings is 1. The number of ketones is 1.